The summed E-state index contributed by atoms with van der Waals surface area (Å²) in [5, 5.41) is 5.91. The molecule has 2 aliphatic heterocycles. The van der Waals surface area contributed by atoms with Crippen LogP contribution in [-0.4, -0.2) is 39.3 Å². The van der Waals surface area contributed by atoms with Gasteiger partial charge in [0.1, 0.15) is 17.4 Å². The number of nitrogens with zero attached hydrogens (tertiary/aromatic N) is 2. The molecule has 3 rings (SSSR count). The van der Waals surface area contributed by atoms with Gasteiger partial charge in [0, 0.05) is 0 Å². The summed E-state index contributed by atoms with van der Waals surface area (Å²) in [6.45, 7) is 0. The van der Waals surface area contributed by atoms with E-state index in [0.717, 1.165) is 0 Å². The van der Waals surface area contributed by atoms with Crippen molar-refractivity contribution in [3.05, 3.63) is 29.2 Å². The fourth-order valence-corrected chi connectivity index (χ4v) is 2.51. The molecule has 1 aromatic rings. The third-order valence-electron chi connectivity index (χ3n) is 3.54. The fourth-order valence-electron chi connectivity index (χ4n) is 2.51. The predicted molar refractivity (Wildman–Crippen MR) is 85.5 cm³/mol. The van der Waals surface area contributed by atoms with Gasteiger partial charge in [-0.2, -0.15) is 0 Å². The number of hydrogen-bond donors (Lipinski definition) is 4. The van der Waals surface area contributed by atoms with Crippen LogP contribution in [0.5, 0.6) is 17.2 Å². The largest absolute Gasteiger partial charge is 0.493 e. The van der Waals surface area contributed by atoms with E-state index in [9.17, 15) is 0 Å². The molecule has 0 amide bonds. The summed E-state index contributed by atoms with van der Waals surface area (Å²) < 4.78 is 16.1. The fraction of sp³-hybridized carbons (Fsp3) is 0.286. The van der Waals surface area contributed by atoms with E-state index in [-0.39, 0.29) is 5.96 Å². The highest BCUT2D eigenvalue weighted by atomic mass is 16.5. The molecule has 0 saturated carbocycles. The first-order valence-corrected chi connectivity index (χ1v) is 6.83. The van der Waals surface area contributed by atoms with Gasteiger partial charge in [-0.1, -0.05) is 0 Å². The average molecular weight is 318 g/mol. The van der Waals surface area contributed by atoms with E-state index in [1.54, 1.807) is 27.4 Å². The lowest BCUT2D eigenvalue weighted by molar-refractivity contribution is 0.324. The first-order chi connectivity index (χ1) is 11.1. The second kappa shape index (κ2) is 5.59. The third-order valence-corrected chi connectivity index (χ3v) is 3.54. The molecule has 2 aliphatic rings. The second-order valence-corrected chi connectivity index (χ2v) is 4.82. The highest BCUT2D eigenvalue weighted by molar-refractivity contribution is 6.05. The Bertz CT molecular complexity index is 740. The van der Waals surface area contributed by atoms with Gasteiger partial charge < -0.3 is 36.3 Å². The quantitative estimate of drug-likeness (QED) is 0.585. The maximum absolute atomic E-state index is 5.92. The van der Waals surface area contributed by atoms with Gasteiger partial charge in [-0.05, 0) is 12.1 Å². The number of nitrogens with two attached hydrogens (primary N) is 2. The summed E-state index contributed by atoms with van der Waals surface area (Å²) in [5.41, 5.74) is 12.9. The Balaban J connectivity index is 2.07. The lowest BCUT2D eigenvalue weighted by atomic mass is 10.1. The van der Waals surface area contributed by atoms with Gasteiger partial charge in [0.2, 0.25) is 5.75 Å². The number of methoxy groups -OCH3 is 3. The molecule has 0 aromatic heterocycles. The summed E-state index contributed by atoms with van der Waals surface area (Å²) in [6.07, 6.45) is -0.496. The van der Waals surface area contributed by atoms with E-state index in [4.69, 9.17) is 25.7 Å². The molecule has 6 N–H and O–H groups in total. The Hall–Kier alpha value is -3.10. The van der Waals surface area contributed by atoms with Gasteiger partial charge in [0.15, 0.2) is 23.6 Å². The van der Waals surface area contributed by atoms with Crippen molar-refractivity contribution in [3.8, 4) is 17.2 Å². The van der Waals surface area contributed by atoms with E-state index < -0.39 is 6.17 Å². The number of fused-ring (bicyclic) bond motifs is 1. The topological polar surface area (TPSA) is 129 Å². The first kappa shape index (κ1) is 14.8. The zero-order chi connectivity index (χ0) is 16.6. The van der Waals surface area contributed by atoms with E-state index >= 15 is 0 Å². The third kappa shape index (κ3) is 2.35. The number of rotatable bonds is 4. The molecular formula is C14H18N6O3. The molecule has 1 unspecified atom stereocenters. The van der Waals surface area contributed by atoms with Gasteiger partial charge in [0.25, 0.3) is 0 Å². The van der Waals surface area contributed by atoms with Gasteiger partial charge in [-0.25, -0.2) is 9.98 Å². The van der Waals surface area contributed by atoms with Crippen LogP contribution in [0.4, 0.5) is 0 Å². The molecule has 9 heteroatoms. The maximum atomic E-state index is 5.92. The molecule has 2 heterocycles. The molecule has 23 heavy (non-hydrogen) atoms. The predicted octanol–water partition coefficient (Wildman–Crippen LogP) is -0.566. The lowest BCUT2D eigenvalue weighted by Crippen LogP contribution is -2.42. The second-order valence-electron chi connectivity index (χ2n) is 4.82. The van der Waals surface area contributed by atoms with Crippen LogP contribution >= 0.6 is 0 Å². The number of ether oxygens (including phenoxy) is 3. The van der Waals surface area contributed by atoms with E-state index in [1.165, 1.54) is 0 Å². The number of amidine groups is 1. The van der Waals surface area contributed by atoms with Crippen molar-refractivity contribution in [1.29, 1.82) is 0 Å². The lowest BCUT2D eigenvalue weighted by Gasteiger charge is -2.18. The van der Waals surface area contributed by atoms with Crippen LogP contribution in [0, 0.1) is 0 Å². The van der Waals surface area contributed by atoms with Gasteiger partial charge in [0.05, 0.1) is 26.9 Å². The molecule has 0 radical (unpaired) electrons. The minimum atomic E-state index is -0.496. The highest BCUT2D eigenvalue weighted by Crippen LogP contribution is 2.40. The first-order valence-electron chi connectivity index (χ1n) is 6.83. The van der Waals surface area contributed by atoms with Crippen LogP contribution in [0.2, 0.25) is 0 Å². The summed E-state index contributed by atoms with van der Waals surface area (Å²) in [5.74, 6) is 2.72. The summed E-state index contributed by atoms with van der Waals surface area (Å²) >= 11 is 0. The van der Waals surface area contributed by atoms with Crippen molar-refractivity contribution < 1.29 is 14.2 Å². The van der Waals surface area contributed by atoms with Crippen LogP contribution in [-0.2, 0) is 0 Å². The summed E-state index contributed by atoms with van der Waals surface area (Å²) in [4.78, 5) is 8.71. The smallest absolute Gasteiger partial charge is 0.204 e. The SMILES string of the molecule is COc1ccc(C2=NC3N=C(N)NC(N)=C3N2)c(OC)c1OC. The zero-order valence-corrected chi connectivity index (χ0v) is 13.0. The Labute approximate surface area is 133 Å². The minimum absolute atomic E-state index is 0.224. The van der Waals surface area contributed by atoms with E-state index in [1.807, 2.05) is 6.07 Å². The van der Waals surface area contributed by atoms with Crippen molar-refractivity contribution in [1.82, 2.24) is 10.6 Å². The molecule has 1 atom stereocenters. The summed E-state index contributed by atoms with van der Waals surface area (Å²) in [7, 11) is 4.66. The van der Waals surface area contributed by atoms with Crippen molar-refractivity contribution in [3.63, 3.8) is 0 Å². The molecule has 0 aliphatic carbocycles. The summed E-state index contributed by atoms with van der Waals surface area (Å²) in [6, 6.07) is 3.59. The Morgan fingerprint density at radius 2 is 1.70 bits per heavy atom. The number of aliphatic imine (C=N–C) groups is 2. The maximum Gasteiger partial charge on any atom is 0.204 e. The molecule has 0 spiro atoms. The molecule has 0 fully saturated rings. The van der Waals surface area contributed by atoms with Crippen LogP contribution < -0.4 is 36.3 Å². The van der Waals surface area contributed by atoms with Crippen molar-refractivity contribution >= 4 is 11.8 Å². The van der Waals surface area contributed by atoms with Crippen molar-refractivity contribution in [2.24, 2.45) is 21.5 Å². The number of guanidine groups is 1. The van der Waals surface area contributed by atoms with Gasteiger partial charge in [-0.3, -0.25) is 0 Å². The number of benzene rings is 1. The number of hydrogen-bond acceptors (Lipinski definition) is 9. The van der Waals surface area contributed by atoms with E-state index in [2.05, 4.69) is 20.6 Å². The van der Waals surface area contributed by atoms with Crippen LogP contribution in [0.15, 0.2) is 33.6 Å². The molecule has 0 bridgehead atoms. The molecular weight excluding hydrogens is 300 g/mol. The highest BCUT2D eigenvalue weighted by Gasteiger charge is 2.31. The van der Waals surface area contributed by atoms with Crippen LogP contribution in [0.3, 0.4) is 0 Å². The number of nitrogens with one attached hydrogen (secondary N) is 2. The Morgan fingerprint density at radius 3 is 2.35 bits per heavy atom. The average Bonchev–Trinajstić information content (AvgIpc) is 2.97. The minimum Gasteiger partial charge on any atom is -0.493 e. The monoisotopic (exact) mass is 318 g/mol. The van der Waals surface area contributed by atoms with E-state index in [0.29, 0.717) is 40.2 Å². The van der Waals surface area contributed by atoms with Crippen molar-refractivity contribution in [2.45, 2.75) is 6.17 Å². The Morgan fingerprint density at radius 1 is 0.957 bits per heavy atom. The molecule has 9 nitrogen and oxygen atoms in total. The Kier molecular flexibility index (Phi) is 3.61. The molecule has 122 valence electrons. The van der Waals surface area contributed by atoms with Gasteiger partial charge in [-0.15, -0.1) is 0 Å². The normalized spacial score (nSPS) is 19.2. The standard InChI is InChI=1S/C14H18N6O3/c1-21-7-5-4-6(9(22-2)10(7)23-3)12-17-8-11(15)18-14(16)20-13(8)19-12/h4-5,13H,15H2,1-3H3,(H,17,19)(H3,16,18,20). The van der Waals surface area contributed by atoms with Crippen LogP contribution in [0.25, 0.3) is 0 Å². The zero-order valence-electron chi connectivity index (χ0n) is 13.0. The van der Waals surface area contributed by atoms with Crippen LogP contribution in [0.1, 0.15) is 5.56 Å². The van der Waals surface area contributed by atoms with Gasteiger partial charge >= 0.3 is 0 Å². The molecule has 0 saturated heterocycles. The van der Waals surface area contributed by atoms with Crippen molar-refractivity contribution in [2.75, 3.05) is 21.3 Å². The molecule has 1 aromatic carbocycles.